The number of hydrogen-bond acceptors (Lipinski definition) is 3. The Labute approximate surface area is 94.2 Å². The SMILES string of the molecule is CCC1CN(C(C)CCOC)CCCN1. The van der Waals surface area contributed by atoms with Gasteiger partial charge >= 0.3 is 0 Å². The average Bonchev–Trinajstić information content (AvgIpc) is 2.50. The van der Waals surface area contributed by atoms with E-state index in [9.17, 15) is 0 Å². The van der Waals surface area contributed by atoms with Crippen LogP contribution in [0.3, 0.4) is 0 Å². The second-order valence-electron chi connectivity index (χ2n) is 4.54. The maximum atomic E-state index is 5.15. The van der Waals surface area contributed by atoms with E-state index in [-0.39, 0.29) is 0 Å². The molecule has 1 fully saturated rings. The van der Waals surface area contributed by atoms with Crippen LogP contribution in [0.15, 0.2) is 0 Å². The lowest BCUT2D eigenvalue weighted by atomic mass is 10.1. The molecule has 1 N–H and O–H groups in total. The lowest BCUT2D eigenvalue weighted by Crippen LogP contribution is -2.41. The van der Waals surface area contributed by atoms with E-state index in [0.717, 1.165) is 13.0 Å². The van der Waals surface area contributed by atoms with Gasteiger partial charge in [0.2, 0.25) is 0 Å². The fourth-order valence-corrected chi connectivity index (χ4v) is 2.17. The quantitative estimate of drug-likeness (QED) is 0.750. The molecule has 1 saturated heterocycles. The molecule has 90 valence electrons. The lowest BCUT2D eigenvalue weighted by Gasteiger charge is -2.29. The van der Waals surface area contributed by atoms with E-state index in [2.05, 4.69) is 24.1 Å². The van der Waals surface area contributed by atoms with E-state index >= 15 is 0 Å². The molecule has 0 aromatic carbocycles. The van der Waals surface area contributed by atoms with Crippen LogP contribution >= 0.6 is 0 Å². The van der Waals surface area contributed by atoms with Gasteiger partial charge in [0.1, 0.15) is 0 Å². The summed E-state index contributed by atoms with van der Waals surface area (Å²) >= 11 is 0. The third kappa shape index (κ3) is 4.49. The molecule has 3 heteroatoms. The van der Waals surface area contributed by atoms with Crippen LogP contribution < -0.4 is 5.32 Å². The highest BCUT2D eigenvalue weighted by atomic mass is 16.5. The van der Waals surface area contributed by atoms with Gasteiger partial charge in [-0.2, -0.15) is 0 Å². The van der Waals surface area contributed by atoms with Crippen molar-refractivity contribution in [1.29, 1.82) is 0 Å². The second kappa shape index (κ2) is 7.20. The van der Waals surface area contributed by atoms with E-state index < -0.39 is 0 Å². The van der Waals surface area contributed by atoms with Crippen LogP contribution in [-0.4, -0.2) is 50.3 Å². The maximum Gasteiger partial charge on any atom is 0.0477 e. The minimum atomic E-state index is 0.652. The molecule has 2 atom stereocenters. The Morgan fingerprint density at radius 3 is 3.00 bits per heavy atom. The van der Waals surface area contributed by atoms with E-state index in [4.69, 9.17) is 4.74 Å². The summed E-state index contributed by atoms with van der Waals surface area (Å²) in [6.07, 6.45) is 3.65. The Morgan fingerprint density at radius 1 is 1.53 bits per heavy atom. The summed E-state index contributed by atoms with van der Waals surface area (Å²) in [6.45, 7) is 9.06. The summed E-state index contributed by atoms with van der Waals surface area (Å²) in [6, 6.07) is 1.33. The van der Waals surface area contributed by atoms with Gasteiger partial charge in [-0.25, -0.2) is 0 Å². The molecule has 1 aliphatic heterocycles. The van der Waals surface area contributed by atoms with Crippen molar-refractivity contribution < 1.29 is 4.74 Å². The Balaban J connectivity index is 2.36. The molecule has 0 amide bonds. The third-order valence-corrected chi connectivity index (χ3v) is 3.37. The van der Waals surface area contributed by atoms with Crippen LogP contribution in [0.5, 0.6) is 0 Å². The lowest BCUT2D eigenvalue weighted by molar-refractivity contribution is 0.136. The van der Waals surface area contributed by atoms with Gasteiger partial charge in [-0.05, 0) is 39.3 Å². The Kier molecular flexibility index (Phi) is 6.22. The number of ether oxygens (including phenoxy) is 1. The predicted molar refractivity (Wildman–Crippen MR) is 64.2 cm³/mol. The number of nitrogens with one attached hydrogen (secondary N) is 1. The predicted octanol–water partition coefficient (Wildman–Crippen LogP) is 1.49. The topological polar surface area (TPSA) is 24.5 Å². The highest BCUT2D eigenvalue weighted by Crippen LogP contribution is 2.10. The smallest absolute Gasteiger partial charge is 0.0477 e. The van der Waals surface area contributed by atoms with Crippen LogP contribution in [0.2, 0.25) is 0 Å². The first-order valence-corrected chi connectivity index (χ1v) is 6.24. The molecule has 2 unspecified atom stereocenters. The largest absolute Gasteiger partial charge is 0.385 e. The molecule has 1 aliphatic rings. The van der Waals surface area contributed by atoms with Gasteiger partial charge in [0.15, 0.2) is 0 Å². The van der Waals surface area contributed by atoms with Gasteiger partial charge in [-0.1, -0.05) is 6.92 Å². The van der Waals surface area contributed by atoms with Crippen LogP contribution in [-0.2, 0) is 4.74 Å². The van der Waals surface area contributed by atoms with Crippen molar-refractivity contribution in [3.63, 3.8) is 0 Å². The highest BCUT2D eigenvalue weighted by Gasteiger charge is 2.19. The van der Waals surface area contributed by atoms with Crippen molar-refractivity contribution in [2.45, 2.75) is 45.2 Å². The molecule has 1 heterocycles. The molecule has 0 spiro atoms. The molecule has 0 saturated carbocycles. The van der Waals surface area contributed by atoms with Crippen molar-refractivity contribution >= 4 is 0 Å². The number of methoxy groups -OCH3 is 1. The van der Waals surface area contributed by atoms with Crippen LogP contribution in [0.1, 0.15) is 33.1 Å². The highest BCUT2D eigenvalue weighted by molar-refractivity contribution is 4.78. The first-order valence-electron chi connectivity index (χ1n) is 6.24. The van der Waals surface area contributed by atoms with E-state index in [1.807, 2.05) is 0 Å². The number of rotatable bonds is 5. The van der Waals surface area contributed by atoms with Crippen molar-refractivity contribution in [3.8, 4) is 0 Å². The Hall–Kier alpha value is -0.120. The fraction of sp³-hybridized carbons (Fsp3) is 1.00. The summed E-state index contributed by atoms with van der Waals surface area (Å²) in [4.78, 5) is 2.60. The zero-order valence-electron chi connectivity index (χ0n) is 10.5. The maximum absolute atomic E-state index is 5.15. The molecule has 15 heavy (non-hydrogen) atoms. The van der Waals surface area contributed by atoms with Crippen molar-refractivity contribution in [2.75, 3.05) is 33.4 Å². The van der Waals surface area contributed by atoms with E-state index in [1.54, 1.807) is 7.11 Å². The second-order valence-corrected chi connectivity index (χ2v) is 4.54. The average molecular weight is 214 g/mol. The van der Waals surface area contributed by atoms with Gasteiger partial charge in [-0.3, -0.25) is 4.90 Å². The van der Waals surface area contributed by atoms with Gasteiger partial charge in [0.05, 0.1) is 0 Å². The summed E-state index contributed by atoms with van der Waals surface area (Å²) < 4.78 is 5.15. The van der Waals surface area contributed by atoms with Gasteiger partial charge < -0.3 is 10.1 Å². The van der Waals surface area contributed by atoms with E-state index in [0.29, 0.717) is 12.1 Å². The summed E-state index contributed by atoms with van der Waals surface area (Å²) in [5.74, 6) is 0. The molecule has 0 bridgehead atoms. The monoisotopic (exact) mass is 214 g/mol. The van der Waals surface area contributed by atoms with Crippen LogP contribution in [0, 0.1) is 0 Å². The molecule has 0 aliphatic carbocycles. The van der Waals surface area contributed by atoms with Gasteiger partial charge in [0, 0.05) is 32.3 Å². The van der Waals surface area contributed by atoms with Crippen molar-refractivity contribution in [2.24, 2.45) is 0 Å². The third-order valence-electron chi connectivity index (χ3n) is 3.37. The molecule has 0 aromatic rings. The molecule has 1 rings (SSSR count). The van der Waals surface area contributed by atoms with Crippen molar-refractivity contribution in [1.82, 2.24) is 10.2 Å². The minimum absolute atomic E-state index is 0.652. The van der Waals surface area contributed by atoms with Crippen LogP contribution in [0.25, 0.3) is 0 Å². The zero-order chi connectivity index (χ0) is 11.1. The molecular formula is C12H26N2O. The summed E-state index contributed by atoms with van der Waals surface area (Å²) in [5.41, 5.74) is 0. The van der Waals surface area contributed by atoms with Crippen molar-refractivity contribution in [3.05, 3.63) is 0 Å². The fourth-order valence-electron chi connectivity index (χ4n) is 2.17. The number of hydrogen-bond donors (Lipinski definition) is 1. The normalized spacial score (nSPS) is 26.2. The molecule has 3 nitrogen and oxygen atoms in total. The first kappa shape index (κ1) is 12.9. The standard InChI is InChI=1S/C12H26N2O/c1-4-12-10-14(8-5-7-13-12)11(2)6-9-15-3/h11-13H,4-10H2,1-3H3. The number of nitrogens with zero attached hydrogens (tertiary/aromatic N) is 1. The molecule has 0 radical (unpaired) electrons. The van der Waals surface area contributed by atoms with Gasteiger partial charge in [0.25, 0.3) is 0 Å². The summed E-state index contributed by atoms with van der Waals surface area (Å²) in [7, 11) is 1.78. The molecular weight excluding hydrogens is 188 g/mol. The summed E-state index contributed by atoms with van der Waals surface area (Å²) in [5, 5.41) is 3.60. The van der Waals surface area contributed by atoms with Gasteiger partial charge in [-0.15, -0.1) is 0 Å². The Morgan fingerprint density at radius 2 is 2.33 bits per heavy atom. The van der Waals surface area contributed by atoms with E-state index in [1.165, 1.54) is 32.5 Å². The zero-order valence-corrected chi connectivity index (χ0v) is 10.5. The Bertz CT molecular complexity index is 164. The molecule has 0 aromatic heterocycles. The first-order chi connectivity index (χ1) is 7.27. The van der Waals surface area contributed by atoms with Crippen LogP contribution in [0.4, 0.5) is 0 Å². The minimum Gasteiger partial charge on any atom is -0.385 e.